The van der Waals surface area contributed by atoms with Gasteiger partial charge in [0.15, 0.2) is 0 Å². The predicted octanol–water partition coefficient (Wildman–Crippen LogP) is 0.893. The van der Waals surface area contributed by atoms with Crippen LogP contribution in [0.3, 0.4) is 0 Å². The molecule has 0 unspecified atom stereocenters. The Bertz CT molecular complexity index is 800. The van der Waals surface area contributed by atoms with Gasteiger partial charge in [0.25, 0.3) is 11.6 Å². The van der Waals surface area contributed by atoms with Crippen LogP contribution in [0.1, 0.15) is 29.2 Å². The third-order valence-corrected chi connectivity index (χ3v) is 3.34. The predicted molar refractivity (Wildman–Crippen MR) is 74.2 cm³/mol. The Morgan fingerprint density at radius 3 is 2.50 bits per heavy atom. The summed E-state index contributed by atoms with van der Waals surface area (Å²) in [6, 6.07) is 0. The Morgan fingerprint density at radius 1 is 1.25 bits per heavy atom. The molecule has 0 saturated heterocycles. The number of amides is 1. The minimum atomic E-state index is -4.68. The average molecular weight is 345 g/mol. The molecule has 0 radical (unpaired) electrons. The monoisotopic (exact) mass is 345 g/mol. The fourth-order valence-corrected chi connectivity index (χ4v) is 2.19. The highest BCUT2D eigenvalue weighted by Gasteiger charge is 2.36. The number of aryl methyl sites for hydroxylation is 2. The number of rotatable bonds is 5. The number of carboxylic acids is 1. The molecule has 0 aromatic carbocycles. The van der Waals surface area contributed by atoms with Crippen molar-refractivity contribution in [1.82, 2.24) is 24.9 Å². The van der Waals surface area contributed by atoms with Crippen molar-refractivity contribution in [3.8, 4) is 0 Å². The van der Waals surface area contributed by atoms with Crippen molar-refractivity contribution in [3.05, 3.63) is 22.8 Å². The van der Waals surface area contributed by atoms with Gasteiger partial charge < -0.3 is 10.4 Å². The summed E-state index contributed by atoms with van der Waals surface area (Å²) < 4.78 is 39.1. The number of alkyl halides is 3. The highest BCUT2D eigenvalue weighted by atomic mass is 19.4. The van der Waals surface area contributed by atoms with Gasteiger partial charge in [-0.3, -0.25) is 9.59 Å². The van der Waals surface area contributed by atoms with Crippen molar-refractivity contribution in [1.29, 1.82) is 0 Å². The van der Waals surface area contributed by atoms with Crippen LogP contribution in [0.4, 0.5) is 13.2 Å². The average Bonchev–Trinajstić information content (AvgIpc) is 2.89. The Morgan fingerprint density at radius 2 is 1.92 bits per heavy atom. The lowest BCUT2D eigenvalue weighted by Crippen LogP contribution is -2.29. The molecule has 2 aromatic rings. The second-order valence-electron chi connectivity index (χ2n) is 5.08. The molecular formula is C13H14F3N5O3. The maximum absolute atomic E-state index is 12.7. The van der Waals surface area contributed by atoms with Gasteiger partial charge in [-0.2, -0.15) is 18.2 Å². The van der Waals surface area contributed by atoms with Crippen molar-refractivity contribution < 1.29 is 27.9 Å². The van der Waals surface area contributed by atoms with E-state index >= 15 is 0 Å². The van der Waals surface area contributed by atoms with E-state index in [9.17, 15) is 22.8 Å². The number of carboxylic acid groups (broad SMARTS) is 1. The topological polar surface area (TPSA) is 109 Å². The summed E-state index contributed by atoms with van der Waals surface area (Å²) in [4.78, 5) is 29.3. The zero-order valence-corrected chi connectivity index (χ0v) is 12.8. The van der Waals surface area contributed by atoms with Crippen molar-refractivity contribution in [2.45, 2.75) is 32.9 Å². The van der Waals surface area contributed by atoms with Gasteiger partial charge in [0.05, 0.1) is 0 Å². The second kappa shape index (κ2) is 6.42. The van der Waals surface area contributed by atoms with Crippen molar-refractivity contribution in [2.24, 2.45) is 0 Å². The molecule has 130 valence electrons. The standard InChI is InChI=1S/C13H14F3N5O3/c1-6-8(3-4-9(22)17-5-10(23)24)7(2)21-12(18-6)19-11(20-21)13(14,15)16/h3-5H2,1-2H3,(H,17,22)(H,23,24). The lowest BCUT2D eigenvalue weighted by molar-refractivity contribution is -0.144. The first-order valence-corrected chi connectivity index (χ1v) is 6.88. The van der Waals surface area contributed by atoms with Crippen LogP contribution in [0.15, 0.2) is 0 Å². The van der Waals surface area contributed by atoms with Gasteiger partial charge in [-0.25, -0.2) is 9.50 Å². The number of aliphatic carboxylic acids is 1. The Hall–Kier alpha value is -2.72. The van der Waals surface area contributed by atoms with E-state index in [0.29, 0.717) is 17.0 Å². The highest BCUT2D eigenvalue weighted by Crippen LogP contribution is 2.27. The van der Waals surface area contributed by atoms with Crippen LogP contribution in [0.2, 0.25) is 0 Å². The van der Waals surface area contributed by atoms with Crippen LogP contribution in [0.25, 0.3) is 5.78 Å². The van der Waals surface area contributed by atoms with Gasteiger partial charge in [0.1, 0.15) is 6.54 Å². The zero-order chi connectivity index (χ0) is 18.1. The molecule has 0 saturated carbocycles. The largest absolute Gasteiger partial charge is 0.480 e. The lowest BCUT2D eigenvalue weighted by Gasteiger charge is -2.10. The molecule has 2 rings (SSSR count). The third kappa shape index (κ3) is 3.78. The SMILES string of the molecule is Cc1nc2nc(C(F)(F)F)nn2c(C)c1CCC(=O)NCC(=O)O. The number of fused-ring (bicyclic) bond motifs is 1. The molecule has 0 fully saturated rings. The summed E-state index contributed by atoms with van der Waals surface area (Å²) in [5, 5.41) is 14.1. The summed E-state index contributed by atoms with van der Waals surface area (Å²) >= 11 is 0. The maximum atomic E-state index is 12.7. The number of hydrogen-bond donors (Lipinski definition) is 2. The van der Waals surface area contributed by atoms with E-state index < -0.39 is 30.4 Å². The molecule has 0 aliphatic heterocycles. The van der Waals surface area contributed by atoms with Crippen LogP contribution < -0.4 is 5.32 Å². The Labute approximate surface area is 133 Å². The van der Waals surface area contributed by atoms with Crippen molar-refractivity contribution >= 4 is 17.7 Å². The molecule has 24 heavy (non-hydrogen) atoms. The molecule has 2 heterocycles. The molecule has 2 N–H and O–H groups in total. The number of carbonyl (C=O) groups is 2. The van der Waals surface area contributed by atoms with Gasteiger partial charge in [0, 0.05) is 17.8 Å². The first-order chi connectivity index (χ1) is 11.1. The lowest BCUT2D eigenvalue weighted by atomic mass is 10.1. The summed E-state index contributed by atoms with van der Waals surface area (Å²) in [6.45, 7) is 2.66. The first kappa shape index (κ1) is 17.6. The van der Waals surface area contributed by atoms with E-state index in [2.05, 4.69) is 20.4 Å². The minimum Gasteiger partial charge on any atom is -0.480 e. The normalized spacial score (nSPS) is 11.7. The summed E-state index contributed by atoms with van der Waals surface area (Å²) in [7, 11) is 0. The van der Waals surface area contributed by atoms with Crippen LogP contribution in [-0.4, -0.2) is 43.1 Å². The highest BCUT2D eigenvalue weighted by molar-refractivity contribution is 5.81. The quantitative estimate of drug-likeness (QED) is 0.833. The first-order valence-electron chi connectivity index (χ1n) is 6.88. The number of nitrogens with zero attached hydrogens (tertiary/aromatic N) is 4. The number of carbonyl (C=O) groups excluding carboxylic acids is 1. The minimum absolute atomic E-state index is 0.0248. The van der Waals surface area contributed by atoms with Gasteiger partial charge in [-0.1, -0.05) is 0 Å². The zero-order valence-electron chi connectivity index (χ0n) is 12.8. The van der Waals surface area contributed by atoms with Crippen LogP contribution in [-0.2, 0) is 22.2 Å². The molecule has 0 spiro atoms. The molecular weight excluding hydrogens is 331 g/mol. The van der Waals surface area contributed by atoms with Gasteiger partial charge in [0.2, 0.25) is 5.91 Å². The molecule has 11 heteroatoms. The van der Waals surface area contributed by atoms with Crippen molar-refractivity contribution in [2.75, 3.05) is 6.54 Å². The Balaban J connectivity index is 2.24. The van der Waals surface area contributed by atoms with E-state index in [4.69, 9.17) is 5.11 Å². The van der Waals surface area contributed by atoms with Crippen molar-refractivity contribution in [3.63, 3.8) is 0 Å². The summed E-state index contributed by atoms with van der Waals surface area (Å²) in [5.41, 5.74) is 1.39. The molecule has 0 aliphatic rings. The van der Waals surface area contributed by atoms with Crippen LogP contribution in [0, 0.1) is 13.8 Å². The van der Waals surface area contributed by atoms with Gasteiger partial charge >= 0.3 is 12.1 Å². The van der Waals surface area contributed by atoms with Gasteiger partial charge in [-0.05, 0) is 25.8 Å². The summed E-state index contributed by atoms with van der Waals surface area (Å²) in [6.07, 6.45) is -4.51. The molecule has 1 amide bonds. The number of nitrogens with one attached hydrogen (secondary N) is 1. The number of hydrogen-bond acceptors (Lipinski definition) is 5. The van der Waals surface area contributed by atoms with E-state index in [-0.39, 0.29) is 18.6 Å². The fourth-order valence-electron chi connectivity index (χ4n) is 2.19. The number of halogens is 3. The van der Waals surface area contributed by atoms with E-state index in [1.165, 1.54) is 0 Å². The van der Waals surface area contributed by atoms with E-state index in [1.54, 1.807) is 13.8 Å². The molecule has 2 aromatic heterocycles. The van der Waals surface area contributed by atoms with Crippen LogP contribution >= 0.6 is 0 Å². The summed E-state index contributed by atoms with van der Waals surface area (Å²) in [5.74, 6) is -3.10. The van der Waals surface area contributed by atoms with Gasteiger partial charge in [-0.15, -0.1) is 5.10 Å². The smallest absolute Gasteiger partial charge is 0.453 e. The molecule has 0 atom stereocenters. The second-order valence-corrected chi connectivity index (χ2v) is 5.08. The molecule has 0 bridgehead atoms. The molecule has 0 aliphatic carbocycles. The van der Waals surface area contributed by atoms with Crippen LogP contribution in [0.5, 0.6) is 0 Å². The fraction of sp³-hybridized carbons (Fsp3) is 0.462. The maximum Gasteiger partial charge on any atom is 0.453 e. The third-order valence-electron chi connectivity index (χ3n) is 3.34. The van der Waals surface area contributed by atoms with E-state index in [0.717, 1.165) is 4.52 Å². The number of aromatic nitrogens is 4. The molecule has 8 nitrogen and oxygen atoms in total. The Kier molecular flexibility index (Phi) is 4.71. The van der Waals surface area contributed by atoms with E-state index in [1.807, 2.05) is 0 Å².